The zero-order valence-electron chi connectivity index (χ0n) is 10.3. The van der Waals surface area contributed by atoms with Crippen LogP contribution in [0.3, 0.4) is 0 Å². The average Bonchev–Trinajstić information content (AvgIpc) is 2.24. The van der Waals surface area contributed by atoms with Gasteiger partial charge in [0.1, 0.15) is 0 Å². The van der Waals surface area contributed by atoms with Crippen molar-refractivity contribution in [2.45, 2.75) is 46.5 Å². The van der Waals surface area contributed by atoms with Crippen LogP contribution in [0.5, 0.6) is 0 Å². The van der Waals surface area contributed by atoms with Crippen LogP contribution in [0.1, 0.15) is 46.5 Å². The van der Waals surface area contributed by atoms with Gasteiger partial charge in [0.05, 0.1) is 0 Å². The first kappa shape index (κ1) is 13.8. The van der Waals surface area contributed by atoms with E-state index in [1.165, 1.54) is 0 Å². The molecular weight excluding hydrogens is 180 g/mol. The molecule has 0 saturated carbocycles. The van der Waals surface area contributed by atoms with E-state index in [-0.39, 0.29) is 0 Å². The molecule has 0 rings (SSSR count). The molecule has 0 aromatic rings. The van der Waals surface area contributed by atoms with E-state index >= 15 is 0 Å². The highest BCUT2D eigenvalue weighted by Gasteiger charge is 2.02. The van der Waals surface area contributed by atoms with Crippen molar-refractivity contribution in [2.24, 2.45) is 5.92 Å². The van der Waals surface area contributed by atoms with Crippen LogP contribution in [0.15, 0.2) is 30.0 Å². The third-order valence-corrected chi connectivity index (χ3v) is 2.13. The molecule has 0 aliphatic rings. The summed E-state index contributed by atoms with van der Waals surface area (Å²) in [4.78, 5) is 0. The molecule has 0 heterocycles. The third kappa shape index (κ3) is 6.83. The maximum Gasteiger partial charge on any atom is 0.0165 e. The van der Waals surface area contributed by atoms with Gasteiger partial charge < -0.3 is 0 Å². The van der Waals surface area contributed by atoms with E-state index in [9.17, 15) is 0 Å². The van der Waals surface area contributed by atoms with E-state index in [1.807, 2.05) is 6.08 Å². The van der Waals surface area contributed by atoms with Gasteiger partial charge in [0.2, 0.25) is 0 Å². The van der Waals surface area contributed by atoms with Gasteiger partial charge in [0.25, 0.3) is 0 Å². The number of unbranched alkanes of at least 4 members (excludes halogenated alkanes) is 1. The van der Waals surface area contributed by atoms with Gasteiger partial charge in [0.15, 0.2) is 0 Å². The van der Waals surface area contributed by atoms with E-state index in [1.54, 1.807) is 0 Å². The molecule has 0 aliphatic heterocycles. The van der Waals surface area contributed by atoms with Gasteiger partial charge in [-0.2, -0.15) is 0 Å². The summed E-state index contributed by atoms with van der Waals surface area (Å²) in [5.74, 6) is 6.62. The highest BCUT2D eigenvalue weighted by Crippen LogP contribution is 2.13. The number of allylic oxidation sites excluding steroid dienone is 2. The summed E-state index contributed by atoms with van der Waals surface area (Å²) in [6.07, 6.45) is 8.26. The predicted octanol–water partition coefficient (Wildman–Crippen LogP) is 4.49. The minimum Gasteiger partial charge on any atom is -0.129 e. The van der Waals surface area contributed by atoms with Crippen LogP contribution in [-0.2, 0) is 0 Å². The predicted molar refractivity (Wildman–Crippen MR) is 68.5 cm³/mol. The largest absolute Gasteiger partial charge is 0.129 e. The molecule has 0 fully saturated rings. The first-order valence-corrected chi connectivity index (χ1v) is 5.84. The van der Waals surface area contributed by atoms with Crippen LogP contribution >= 0.6 is 0 Å². The van der Waals surface area contributed by atoms with Gasteiger partial charge in [-0.15, -0.1) is 5.73 Å². The first-order chi connectivity index (χ1) is 7.26. The van der Waals surface area contributed by atoms with Gasteiger partial charge in [-0.1, -0.05) is 39.2 Å². The molecule has 0 bridgehead atoms. The molecule has 1 atom stereocenters. The van der Waals surface area contributed by atoms with E-state index in [0.717, 1.165) is 31.3 Å². The molecule has 0 aromatic carbocycles. The molecule has 1 unspecified atom stereocenters. The topological polar surface area (TPSA) is 0 Å². The standard InChI is InChI=1S/C15H22/c1-5-8-10-12-14(4)15(7-3)13-11-9-6-2/h9,13,15H,4-8H2,1-3H3. The summed E-state index contributed by atoms with van der Waals surface area (Å²) >= 11 is 0. The molecule has 0 N–H and O–H groups in total. The Morgan fingerprint density at radius 2 is 2.07 bits per heavy atom. The smallest absolute Gasteiger partial charge is 0.0165 e. The summed E-state index contributed by atoms with van der Waals surface area (Å²) in [5, 5.41) is 0. The lowest BCUT2D eigenvalue weighted by molar-refractivity contribution is 0.752. The summed E-state index contributed by atoms with van der Waals surface area (Å²) in [7, 11) is 0. The lowest BCUT2D eigenvalue weighted by Crippen LogP contribution is -1.95. The fraction of sp³-hybridized carbons (Fsp3) is 0.533. The van der Waals surface area contributed by atoms with E-state index in [4.69, 9.17) is 0 Å². The molecule has 82 valence electrons. The normalized spacial score (nSPS) is 10.6. The molecule has 0 amide bonds. The van der Waals surface area contributed by atoms with Crippen molar-refractivity contribution < 1.29 is 0 Å². The quantitative estimate of drug-likeness (QED) is 0.455. The van der Waals surface area contributed by atoms with Crippen molar-refractivity contribution >= 4 is 0 Å². The summed E-state index contributed by atoms with van der Waals surface area (Å²) in [6.45, 7) is 10.4. The highest BCUT2D eigenvalue weighted by atomic mass is 14.1. The molecule has 0 aromatic heterocycles. The Balaban J connectivity index is 4.37. The fourth-order valence-electron chi connectivity index (χ4n) is 1.16. The molecule has 0 saturated heterocycles. The second kappa shape index (κ2) is 9.38. The summed E-state index contributed by atoms with van der Waals surface area (Å²) in [6, 6.07) is 0. The maximum atomic E-state index is 4.02. The van der Waals surface area contributed by atoms with Crippen LogP contribution in [0.4, 0.5) is 0 Å². The van der Waals surface area contributed by atoms with Gasteiger partial charge in [-0.25, -0.2) is 0 Å². The molecule has 0 aliphatic carbocycles. The van der Waals surface area contributed by atoms with E-state index in [2.05, 4.69) is 51.0 Å². The molecule has 15 heavy (non-hydrogen) atoms. The maximum absolute atomic E-state index is 4.02. The van der Waals surface area contributed by atoms with Gasteiger partial charge in [0, 0.05) is 17.9 Å². The lowest BCUT2D eigenvalue weighted by atomic mass is 9.98. The monoisotopic (exact) mass is 202 g/mol. The van der Waals surface area contributed by atoms with Gasteiger partial charge in [-0.05, 0) is 31.4 Å². The van der Waals surface area contributed by atoms with Crippen molar-refractivity contribution in [3.8, 4) is 11.8 Å². The zero-order chi connectivity index (χ0) is 11.5. The van der Waals surface area contributed by atoms with Crippen molar-refractivity contribution in [1.29, 1.82) is 0 Å². The van der Waals surface area contributed by atoms with Crippen molar-refractivity contribution in [2.75, 3.05) is 0 Å². The van der Waals surface area contributed by atoms with Crippen LogP contribution in [0.25, 0.3) is 0 Å². The Hall–Kier alpha value is -1.18. The lowest BCUT2D eigenvalue weighted by Gasteiger charge is -2.05. The van der Waals surface area contributed by atoms with Crippen LogP contribution in [0, 0.1) is 17.8 Å². The number of hydrogen-bond donors (Lipinski definition) is 0. The Kier molecular flexibility index (Phi) is 8.64. The number of hydrogen-bond acceptors (Lipinski definition) is 0. The third-order valence-electron chi connectivity index (χ3n) is 2.13. The highest BCUT2D eigenvalue weighted by molar-refractivity contribution is 5.30. The SMILES string of the molecule is C=C(C#CCCC)C(C=C=CCC)CC. The second-order valence-electron chi connectivity index (χ2n) is 3.54. The molecule has 0 heteroatoms. The van der Waals surface area contributed by atoms with Gasteiger partial charge in [-0.3, -0.25) is 0 Å². The van der Waals surface area contributed by atoms with E-state index < -0.39 is 0 Å². The van der Waals surface area contributed by atoms with Gasteiger partial charge >= 0.3 is 0 Å². The Morgan fingerprint density at radius 3 is 2.60 bits per heavy atom. The van der Waals surface area contributed by atoms with Crippen molar-refractivity contribution in [3.05, 3.63) is 30.0 Å². The number of rotatable bonds is 5. The minimum atomic E-state index is 0.358. The summed E-state index contributed by atoms with van der Waals surface area (Å²) in [5.41, 5.74) is 4.20. The van der Waals surface area contributed by atoms with Crippen LogP contribution in [0.2, 0.25) is 0 Å². The minimum absolute atomic E-state index is 0.358. The molecule has 0 nitrogen and oxygen atoms in total. The molecule has 0 radical (unpaired) electrons. The first-order valence-electron chi connectivity index (χ1n) is 5.84. The van der Waals surface area contributed by atoms with Crippen LogP contribution < -0.4 is 0 Å². The summed E-state index contributed by atoms with van der Waals surface area (Å²) < 4.78 is 0. The Bertz CT molecular complexity index is 290. The Labute approximate surface area is 94.8 Å². The van der Waals surface area contributed by atoms with Crippen molar-refractivity contribution in [3.63, 3.8) is 0 Å². The molecular formula is C15H22. The zero-order valence-corrected chi connectivity index (χ0v) is 10.3. The average molecular weight is 202 g/mol. The fourth-order valence-corrected chi connectivity index (χ4v) is 1.16. The van der Waals surface area contributed by atoms with E-state index in [0.29, 0.717) is 5.92 Å². The Morgan fingerprint density at radius 1 is 1.33 bits per heavy atom. The van der Waals surface area contributed by atoms with Crippen molar-refractivity contribution in [1.82, 2.24) is 0 Å². The van der Waals surface area contributed by atoms with Crippen LogP contribution in [-0.4, -0.2) is 0 Å². The second-order valence-corrected chi connectivity index (χ2v) is 3.54. The molecule has 0 spiro atoms.